The first-order chi connectivity index (χ1) is 7.18. The first kappa shape index (κ1) is 10.1. The van der Waals surface area contributed by atoms with E-state index in [1.807, 2.05) is 0 Å². The van der Waals surface area contributed by atoms with Gasteiger partial charge in [0.05, 0.1) is 11.9 Å². The van der Waals surface area contributed by atoms with E-state index in [1.54, 1.807) is 29.4 Å². The zero-order chi connectivity index (χ0) is 10.8. The summed E-state index contributed by atoms with van der Waals surface area (Å²) in [7, 11) is 0. The van der Waals surface area contributed by atoms with Gasteiger partial charge >= 0.3 is 5.11 Å². The SMILES string of the molecule is [O-]N(O)c1ccc([N+]2C=CNC2=S)cc1. The summed E-state index contributed by atoms with van der Waals surface area (Å²) in [6.07, 6.45) is 3.51. The van der Waals surface area contributed by atoms with Gasteiger partial charge in [0.1, 0.15) is 0 Å². The molecule has 0 bridgehead atoms. The second kappa shape index (κ2) is 3.95. The fourth-order valence-corrected chi connectivity index (χ4v) is 1.50. The first-order valence-corrected chi connectivity index (χ1v) is 4.62. The highest BCUT2D eigenvalue weighted by Gasteiger charge is 2.26. The smallest absolute Gasteiger partial charge is 0.334 e. The van der Waals surface area contributed by atoms with Crippen molar-refractivity contribution < 1.29 is 5.21 Å². The molecule has 0 spiro atoms. The minimum atomic E-state index is -0.180. The van der Waals surface area contributed by atoms with E-state index in [0.29, 0.717) is 5.11 Å². The molecule has 2 N–H and O–H groups in total. The van der Waals surface area contributed by atoms with Crippen LogP contribution in [0.5, 0.6) is 0 Å². The van der Waals surface area contributed by atoms with Gasteiger partial charge in [0.2, 0.25) is 0 Å². The van der Waals surface area contributed by atoms with Gasteiger partial charge in [-0.2, -0.15) is 0 Å². The number of thiocarbonyl (C=S) groups is 1. The summed E-state index contributed by atoms with van der Waals surface area (Å²) in [5.41, 5.74) is 1.01. The predicted molar refractivity (Wildman–Crippen MR) is 60.7 cm³/mol. The highest BCUT2D eigenvalue weighted by Crippen LogP contribution is 2.20. The van der Waals surface area contributed by atoms with Gasteiger partial charge in [0.15, 0.2) is 11.9 Å². The molecule has 15 heavy (non-hydrogen) atoms. The lowest BCUT2D eigenvalue weighted by atomic mass is 10.2. The lowest BCUT2D eigenvalue weighted by molar-refractivity contribution is 0.296. The molecule has 0 amide bonds. The molecule has 0 fully saturated rings. The van der Waals surface area contributed by atoms with Crippen LogP contribution < -0.4 is 15.4 Å². The molecular formula is C9H8N3O2S. The molecule has 0 saturated carbocycles. The van der Waals surface area contributed by atoms with E-state index in [-0.39, 0.29) is 10.9 Å². The molecule has 6 heteroatoms. The van der Waals surface area contributed by atoms with Gasteiger partial charge in [-0.05, 0) is 17.0 Å². The molecule has 1 aliphatic rings. The fourth-order valence-electron chi connectivity index (χ4n) is 1.26. The van der Waals surface area contributed by atoms with Crippen LogP contribution in [0.4, 0.5) is 11.4 Å². The monoisotopic (exact) mass is 222 g/mol. The van der Waals surface area contributed by atoms with Gasteiger partial charge in [0.25, 0.3) is 0 Å². The summed E-state index contributed by atoms with van der Waals surface area (Å²) in [6, 6.07) is 6.41. The average Bonchev–Trinajstić information content (AvgIpc) is 2.65. The second-order valence-corrected chi connectivity index (χ2v) is 3.31. The van der Waals surface area contributed by atoms with Gasteiger partial charge in [0, 0.05) is 24.4 Å². The number of hydrogen-bond acceptors (Lipinski definition) is 4. The normalized spacial score (nSPS) is 15.5. The van der Waals surface area contributed by atoms with Crippen molar-refractivity contribution in [3.05, 3.63) is 41.9 Å². The van der Waals surface area contributed by atoms with Crippen molar-refractivity contribution in [3.63, 3.8) is 0 Å². The van der Waals surface area contributed by atoms with Crippen LogP contribution in [0, 0.1) is 5.21 Å². The summed E-state index contributed by atoms with van der Waals surface area (Å²) in [6.45, 7) is 0. The molecule has 1 aromatic carbocycles. The maximum Gasteiger partial charge on any atom is 0.334 e. The molecule has 1 aliphatic heterocycles. The van der Waals surface area contributed by atoms with E-state index < -0.39 is 0 Å². The third-order valence-electron chi connectivity index (χ3n) is 2.00. The summed E-state index contributed by atoms with van der Waals surface area (Å²) in [5.74, 6) is 0. The van der Waals surface area contributed by atoms with Crippen LogP contribution in [0.2, 0.25) is 0 Å². The Balaban J connectivity index is 2.23. The van der Waals surface area contributed by atoms with Gasteiger partial charge in [-0.15, -0.1) is 0 Å². The van der Waals surface area contributed by atoms with E-state index in [2.05, 4.69) is 5.32 Å². The van der Waals surface area contributed by atoms with E-state index in [4.69, 9.17) is 17.4 Å². The van der Waals surface area contributed by atoms with Crippen molar-refractivity contribution in [1.29, 1.82) is 0 Å². The minimum Gasteiger partial charge on any atom is -0.733 e. The van der Waals surface area contributed by atoms with Crippen LogP contribution in [0.3, 0.4) is 0 Å². The average molecular weight is 222 g/mol. The molecule has 0 aromatic heterocycles. The molecular weight excluding hydrogens is 214 g/mol. The van der Waals surface area contributed by atoms with Crippen molar-refractivity contribution in [2.24, 2.45) is 0 Å². The van der Waals surface area contributed by atoms with Crippen LogP contribution >= 0.6 is 12.2 Å². The maximum atomic E-state index is 10.5. The summed E-state index contributed by atoms with van der Waals surface area (Å²) in [4.78, 5) is 1.76. The molecule has 1 heterocycles. The first-order valence-electron chi connectivity index (χ1n) is 4.21. The zero-order valence-electron chi connectivity index (χ0n) is 7.62. The van der Waals surface area contributed by atoms with Crippen LogP contribution in [0.1, 0.15) is 0 Å². The Morgan fingerprint density at radius 3 is 2.47 bits per heavy atom. The van der Waals surface area contributed by atoms with Gasteiger partial charge in [-0.25, -0.2) is 0 Å². The highest BCUT2D eigenvalue weighted by atomic mass is 32.1. The highest BCUT2D eigenvalue weighted by molar-refractivity contribution is 7.80. The molecule has 2 rings (SSSR count). The topological polar surface area (TPSA) is 64.5 Å². The van der Waals surface area contributed by atoms with Crippen molar-refractivity contribution in [1.82, 2.24) is 10.2 Å². The Morgan fingerprint density at radius 2 is 2.00 bits per heavy atom. The van der Waals surface area contributed by atoms with Crippen molar-refractivity contribution in [3.8, 4) is 0 Å². The van der Waals surface area contributed by atoms with Gasteiger partial charge in [-0.1, -0.05) is 0 Å². The number of hydrogen-bond donors (Lipinski definition) is 2. The molecule has 0 unspecified atom stereocenters. The Labute approximate surface area is 91.8 Å². The standard InChI is InChI=1S/C9H8N3O2S/c13-12(14)8-3-1-7(2-4-8)11-6-5-10-9(11)15/h1-6,13H,(H,10,15). The quantitative estimate of drug-likeness (QED) is 0.451. The number of nitrogens with one attached hydrogen (secondary N) is 1. The fraction of sp³-hybridized carbons (Fsp3) is 0. The summed E-state index contributed by atoms with van der Waals surface area (Å²) in [5, 5.41) is 22.4. The Kier molecular flexibility index (Phi) is 2.65. The van der Waals surface area contributed by atoms with Crippen molar-refractivity contribution >= 4 is 28.7 Å². The lowest BCUT2D eigenvalue weighted by Gasteiger charge is -2.21. The maximum absolute atomic E-state index is 10.5. The zero-order valence-corrected chi connectivity index (χ0v) is 8.44. The van der Waals surface area contributed by atoms with E-state index >= 15 is 0 Å². The molecule has 0 saturated heterocycles. The van der Waals surface area contributed by atoms with Gasteiger partial charge < -0.3 is 10.4 Å². The molecule has 5 nitrogen and oxygen atoms in total. The lowest BCUT2D eigenvalue weighted by Crippen LogP contribution is -2.27. The third-order valence-corrected chi connectivity index (χ3v) is 2.31. The number of anilines is 2. The summed E-state index contributed by atoms with van der Waals surface area (Å²) < 4.78 is 0. The number of nitrogens with zero attached hydrogens (tertiary/aromatic N) is 2. The third kappa shape index (κ3) is 1.97. The van der Waals surface area contributed by atoms with E-state index in [1.165, 1.54) is 12.1 Å². The van der Waals surface area contributed by atoms with E-state index in [9.17, 15) is 5.21 Å². The second-order valence-electron chi connectivity index (χ2n) is 2.92. The molecule has 1 aromatic rings. The van der Waals surface area contributed by atoms with Crippen LogP contribution in [0.25, 0.3) is 0 Å². The van der Waals surface area contributed by atoms with Gasteiger partial charge in [-0.3, -0.25) is 10.5 Å². The Hall–Kier alpha value is -1.47. The number of rotatable bonds is 2. The Morgan fingerprint density at radius 1 is 1.33 bits per heavy atom. The predicted octanol–water partition coefficient (Wildman–Crippen LogP) is 1.51. The van der Waals surface area contributed by atoms with Crippen molar-refractivity contribution in [2.75, 3.05) is 5.23 Å². The van der Waals surface area contributed by atoms with Crippen LogP contribution in [-0.4, -0.2) is 10.3 Å². The van der Waals surface area contributed by atoms with E-state index in [0.717, 1.165) is 5.69 Å². The Bertz CT molecular complexity index is 402. The van der Waals surface area contributed by atoms with Crippen LogP contribution in [-0.2, 0) is 0 Å². The molecule has 77 valence electrons. The molecule has 1 radical (unpaired) electrons. The minimum absolute atomic E-state index is 0.180. The summed E-state index contributed by atoms with van der Waals surface area (Å²) >= 11 is 5.04. The largest absolute Gasteiger partial charge is 0.733 e. The molecule has 0 atom stereocenters. The van der Waals surface area contributed by atoms with Crippen molar-refractivity contribution in [2.45, 2.75) is 0 Å². The number of benzene rings is 1. The molecule has 0 aliphatic carbocycles. The van der Waals surface area contributed by atoms with Crippen LogP contribution in [0.15, 0.2) is 36.7 Å².